The number of carboxylic acid groups (broad SMARTS) is 1. The van der Waals surface area contributed by atoms with Crippen LogP contribution in [0.2, 0.25) is 0 Å². The number of carboxylic acids is 1. The van der Waals surface area contributed by atoms with Crippen LogP contribution >= 0.6 is 0 Å². The van der Waals surface area contributed by atoms with Crippen LogP contribution in [0.1, 0.15) is 31.9 Å². The minimum atomic E-state index is -3.95. The first-order valence-corrected chi connectivity index (χ1v) is 15.3. The molecule has 4 rings (SSSR count). The van der Waals surface area contributed by atoms with Crippen molar-refractivity contribution in [1.29, 1.82) is 0 Å². The second kappa shape index (κ2) is 15.1. The first-order valence-electron chi connectivity index (χ1n) is 13.9. The number of aliphatic carboxylic acids is 1. The summed E-state index contributed by atoms with van der Waals surface area (Å²) < 4.78 is 46.2. The predicted octanol–water partition coefficient (Wildman–Crippen LogP) is 2.79. The van der Waals surface area contributed by atoms with Crippen LogP contribution in [0, 0.1) is 5.82 Å². The van der Waals surface area contributed by atoms with E-state index in [4.69, 9.17) is 5.11 Å². The molecule has 0 unspecified atom stereocenters. The zero-order chi connectivity index (χ0) is 29.7. The number of aliphatic hydroxyl groups is 2. The summed E-state index contributed by atoms with van der Waals surface area (Å²) in [7, 11) is -1.99. The molecule has 1 aromatic heterocycles. The molecule has 224 valence electrons. The minimum absolute atomic E-state index is 0. The van der Waals surface area contributed by atoms with Crippen LogP contribution in [0.4, 0.5) is 4.39 Å². The van der Waals surface area contributed by atoms with E-state index >= 15 is 0 Å². The molecule has 42 heavy (non-hydrogen) atoms. The van der Waals surface area contributed by atoms with Gasteiger partial charge in [-0.05, 0) is 61.7 Å². The quantitative estimate of drug-likeness (QED) is 0.269. The van der Waals surface area contributed by atoms with Gasteiger partial charge in [-0.3, -0.25) is 4.79 Å². The molecular formula is C30H39FN3NaO6S. The van der Waals surface area contributed by atoms with Gasteiger partial charge in [0.1, 0.15) is 10.7 Å². The Kier molecular flexibility index (Phi) is 12.3. The molecule has 3 N–H and O–H groups in total. The molecule has 0 spiro atoms. The molecule has 2 atom stereocenters. The SMILES string of the molecule is CCc1c(S(=O)(=O)N2CCN(C)CC2)c(-c2ccccc2)c(-c2ccc(F)cc2)n1CC[C@@H](O)C[C@@H](O)CC(=O)O.[NaH]. The Labute approximate surface area is 268 Å². The zero-order valence-electron chi connectivity index (χ0n) is 23.4. The van der Waals surface area contributed by atoms with Crippen LogP contribution in [0.5, 0.6) is 0 Å². The van der Waals surface area contributed by atoms with E-state index in [-0.39, 0.29) is 53.8 Å². The number of likely N-dealkylation sites (N-methyl/N-ethyl adjacent to an activating group) is 1. The average molecular weight is 612 g/mol. The molecule has 0 aliphatic carbocycles. The van der Waals surface area contributed by atoms with Gasteiger partial charge in [-0.15, -0.1) is 0 Å². The summed E-state index contributed by atoms with van der Waals surface area (Å²) in [6, 6.07) is 15.1. The van der Waals surface area contributed by atoms with Gasteiger partial charge in [-0.1, -0.05) is 37.3 Å². The van der Waals surface area contributed by atoms with Crippen molar-refractivity contribution in [1.82, 2.24) is 13.8 Å². The van der Waals surface area contributed by atoms with Gasteiger partial charge in [0, 0.05) is 44.0 Å². The number of carbonyl (C=O) groups is 1. The molecule has 0 amide bonds. The summed E-state index contributed by atoms with van der Waals surface area (Å²) in [5.41, 5.74) is 3.01. The summed E-state index contributed by atoms with van der Waals surface area (Å²) in [5.74, 6) is -1.58. The van der Waals surface area contributed by atoms with Crippen molar-refractivity contribution < 1.29 is 32.9 Å². The van der Waals surface area contributed by atoms with Crippen molar-refractivity contribution in [2.75, 3.05) is 33.2 Å². The van der Waals surface area contributed by atoms with E-state index in [0.717, 1.165) is 0 Å². The van der Waals surface area contributed by atoms with E-state index < -0.39 is 40.4 Å². The second-order valence-electron chi connectivity index (χ2n) is 10.5. The van der Waals surface area contributed by atoms with E-state index in [1.165, 1.54) is 16.4 Å². The molecule has 2 heterocycles. The van der Waals surface area contributed by atoms with Crippen molar-refractivity contribution in [2.24, 2.45) is 0 Å². The molecule has 1 aliphatic rings. The van der Waals surface area contributed by atoms with Crippen LogP contribution < -0.4 is 0 Å². The van der Waals surface area contributed by atoms with Crippen LogP contribution in [-0.2, 0) is 27.8 Å². The monoisotopic (exact) mass is 611 g/mol. The Morgan fingerprint density at radius 2 is 1.57 bits per heavy atom. The average Bonchev–Trinajstić information content (AvgIpc) is 3.27. The molecule has 0 bridgehead atoms. The summed E-state index contributed by atoms with van der Waals surface area (Å²) >= 11 is 0. The van der Waals surface area contributed by atoms with Gasteiger partial charge >= 0.3 is 35.5 Å². The molecule has 3 aromatic rings. The number of aromatic nitrogens is 1. The van der Waals surface area contributed by atoms with Crippen LogP contribution in [0.15, 0.2) is 59.5 Å². The third-order valence-electron chi connectivity index (χ3n) is 7.54. The number of benzene rings is 2. The fourth-order valence-corrected chi connectivity index (χ4v) is 7.38. The predicted molar refractivity (Wildman–Crippen MR) is 162 cm³/mol. The summed E-state index contributed by atoms with van der Waals surface area (Å²) in [6.07, 6.45) is -2.31. The number of aliphatic hydroxyl groups excluding tert-OH is 2. The Hall–Kier alpha value is -2.09. The third-order valence-corrected chi connectivity index (χ3v) is 9.54. The topological polar surface area (TPSA) is 123 Å². The molecular weight excluding hydrogens is 572 g/mol. The van der Waals surface area contributed by atoms with E-state index in [1.807, 2.05) is 48.9 Å². The molecule has 1 saturated heterocycles. The van der Waals surface area contributed by atoms with E-state index in [2.05, 4.69) is 4.90 Å². The van der Waals surface area contributed by atoms with Gasteiger partial charge in [0.15, 0.2) is 0 Å². The number of nitrogens with zero attached hydrogens (tertiary/aromatic N) is 3. The number of sulfonamides is 1. The summed E-state index contributed by atoms with van der Waals surface area (Å²) in [4.78, 5) is 13.2. The van der Waals surface area contributed by atoms with Crippen LogP contribution in [-0.4, -0.2) is 118 Å². The molecule has 12 heteroatoms. The fraction of sp³-hybridized carbons (Fsp3) is 0.433. The van der Waals surface area contributed by atoms with Crippen LogP contribution in [0.3, 0.4) is 0 Å². The molecule has 0 saturated carbocycles. The second-order valence-corrected chi connectivity index (χ2v) is 12.4. The zero-order valence-corrected chi connectivity index (χ0v) is 24.2. The molecule has 1 fully saturated rings. The Balaban J connectivity index is 0.00000484. The van der Waals surface area contributed by atoms with Crippen molar-refractivity contribution in [2.45, 2.75) is 56.3 Å². The molecule has 1 aliphatic heterocycles. The van der Waals surface area contributed by atoms with E-state index in [1.54, 1.807) is 12.1 Å². The number of hydrogen-bond donors (Lipinski definition) is 3. The Morgan fingerprint density at radius 3 is 2.14 bits per heavy atom. The van der Waals surface area contributed by atoms with Crippen molar-refractivity contribution in [3.63, 3.8) is 0 Å². The van der Waals surface area contributed by atoms with Crippen molar-refractivity contribution >= 4 is 45.5 Å². The fourth-order valence-electron chi connectivity index (χ4n) is 5.45. The molecule has 2 aromatic carbocycles. The Bertz CT molecular complexity index is 1440. The van der Waals surface area contributed by atoms with Gasteiger partial charge in [0.05, 0.1) is 24.3 Å². The van der Waals surface area contributed by atoms with Gasteiger partial charge in [-0.2, -0.15) is 4.31 Å². The van der Waals surface area contributed by atoms with Gasteiger partial charge < -0.3 is 24.8 Å². The number of halogens is 1. The van der Waals surface area contributed by atoms with Crippen molar-refractivity contribution in [3.8, 4) is 22.4 Å². The first-order chi connectivity index (χ1) is 19.5. The van der Waals surface area contributed by atoms with Gasteiger partial charge in [-0.25, -0.2) is 12.8 Å². The summed E-state index contributed by atoms with van der Waals surface area (Å²) in [5, 5.41) is 29.7. The maximum atomic E-state index is 14.4. The first kappa shape index (κ1) is 34.4. The normalized spacial score (nSPS) is 16.1. The van der Waals surface area contributed by atoms with Gasteiger partial charge in [0.25, 0.3) is 0 Å². The maximum absolute atomic E-state index is 14.4. The Morgan fingerprint density at radius 1 is 0.952 bits per heavy atom. The number of rotatable bonds is 12. The number of piperazine rings is 1. The van der Waals surface area contributed by atoms with E-state index in [0.29, 0.717) is 60.7 Å². The third kappa shape index (κ3) is 7.89. The van der Waals surface area contributed by atoms with E-state index in [9.17, 15) is 27.8 Å². The van der Waals surface area contributed by atoms with Crippen molar-refractivity contribution in [3.05, 3.63) is 66.1 Å². The van der Waals surface area contributed by atoms with Gasteiger partial charge in [0.2, 0.25) is 10.0 Å². The standard InChI is InChI=1S/C30H38FN3O6S.Na.H/c1-3-26-30(41(39,40)33-17-15-32(2)16-18-33)28(21-7-5-4-6-8-21)29(22-9-11-23(31)12-10-22)34(26)14-13-24(35)19-25(36)20-27(37)38;;/h4-12,24-25,35-36H,3,13-20H2,1-2H3,(H,37,38);;/t24-,25-;;/m1../s1. The number of hydrogen-bond acceptors (Lipinski definition) is 6. The summed E-state index contributed by atoms with van der Waals surface area (Å²) in [6.45, 7) is 4.01. The molecule has 9 nitrogen and oxygen atoms in total. The molecule has 0 radical (unpaired) electrons. The van der Waals surface area contributed by atoms with Crippen LogP contribution in [0.25, 0.3) is 22.4 Å².